The Morgan fingerprint density at radius 2 is 1.97 bits per heavy atom. The van der Waals surface area contributed by atoms with Crippen molar-refractivity contribution in [2.24, 2.45) is 0 Å². The Labute approximate surface area is 186 Å². The number of halogens is 2. The van der Waals surface area contributed by atoms with Gasteiger partial charge in [0, 0.05) is 38.8 Å². The molecule has 0 spiro atoms. The van der Waals surface area contributed by atoms with Crippen LogP contribution in [0.25, 0.3) is 0 Å². The van der Waals surface area contributed by atoms with Crippen molar-refractivity contribution in [3.63, 3.8) is 0 Å². The Bertz CT molecular complexity index is 976. The summed E-state index contributed by atoms with van der Waals surface area (Å²) in [7, 11) is 1.76. The molecule has 1 N–H and O–H groups in total. The van der Waals surface area contributed by atoms with Crippen LogP contribution in [0.1, 0.15) is 55.7 Å². The van der Waals surface area contributed by atoms with Crippen LogP contribution in [0.4, 0.5) is 15.9 Å². The zero-order valence-electron chi connectivity index (χ0n) is 18.2. The van der Waals surface area contributed by atoms with Crippen molar-refractivity contribution in [3.05, 3.63) is 46.6 Å². The van der Waals surface area contributed by atoms with Crippen LogP contribution in [0.5, 0.6) is 0 Å². The molecular weight excluding hydrogens is 421 g/mol. The molecule has 7 nitrogen and oxygen atoms in total. The van der Waals surface area contributed by atoms with E-state index in [1.54, 1.807) is 29.8 Å². The molecule has 0 bridgehead atoms. The molecule has 1 aromatic carbocycles. The van der Waals surface area contributed by atoms with E-state index in [1.807, 2.05) is 13.8 Å². The molecule has 1 saturated heterocycles. The molecule has 2 heterocycles. The van der Waals surface area contributed by atoms with Crippen molar-refractivity contribution in [2.45, 2.75) is 45.6 Å². The van der Waals surface area contributed by atoms with Gasteiger partial charge in [-0.25, -0.2) is 14.4 Å². The van der Waals surface area contributed by atoms with Crippen molar-refractivity contribution >= 4 is 34.9 Å². The minimum Gasteiger partial charge on any atom is -0.343 e. The smallest absolute Gasteiger partial charge is 0.274 e. The van der Waals surface area contributed by atoms with Gasteiger partial charge in [0.2, 0.25) is 5.91 Å². The second kappa shape index (κ2) is 9.60. The Balaban J connectivity index is 1.77. The lowest BCUT2D eigenvalue weighted by molar-refractivity contribution is -0.130. The van der Waals surface area contributed by atoms with Gasteiger partial charge in [-0.05, 0) is 37.0 Å². The van der Waals surface area contributed by atoms with E-state index in [0.29, 0.717) is 30.3 Å². The molecule has 0 atom stereocenters. The van der Waals surface area contributed by atoms with Crippen LogP contribution >= 0.6 is 11.6 Å². The van der Waals surface area contributed by atoms with Gasteiger partial charge in [-0.3, -0.25) is 9.59 Å². The summed E-state index contributed by atoms with van der Waals surface area (Å²) >= 11 is 5.75. The highest BCUT2D eigenvalue weighted by Gasteiger charge is 2.28. The fourth-order valence-electron chi connectivity index (χ4n) is 3.63. The van der Waals surface area contributed by atoms with E-state index in [2.05, 4.69) is 15.3 Å². The minimum atomic E-state index is -0.532. The lowest BCUT2D eigenvalue weighted by Crippen LogP contribution is -2.47. The molecular formula is C22H27ClFN5O2. The fraction of sp³-hybridized carbons (Fsp3) is 0.455. The van der Waals surface area contributed by atoms with Crippen LogP contribution in [0, 0.1) is 5.82 Å². The van der Waals surface area contributed by atoms with E-state index in [4.69, 9.17) is 11.6 Å². The second-order valence-corrected chi connectivity index (χ2v) is 8.46. The number of rotatable bonds is 5. The van der Waals surface area contributed by atoms with E-state index >= 15 is 0 Å². The summed E-state index contributed by atoms with van der Waals surface area (Å²) in [6, 6.07) is 4.44. The zero-order chi connectivity index (χ0) is 22.7. The van der Waals surface area contributed by atoms with Crippen molar-refractivity contribution in [2.75, 3.05) is 25.5 Å². The molecule has 0 saturated carbocycles. The van der Waals surface area contributed by atoms with E-state index in [-0.39, 0.29) is 34.5 Å². The third-order valence-corrected chi connectivity index (χ3v) is 5.83. The maximum Gasteiger partial charge on any atom is 0.274 e. The SMILES string of the molecule is CC(=O)N1CCC(N(C)C(=O)c2cnc(Nc3ccc(Cl)c(F)c3)c(C(C)C)n2)CC1. The average molecular weight is 448 g/mol. The van der Waals surface area contributed by atoms with E-state index in [1.165, 1.54) is 18.3 Å². The number of benzene rings is 1. The lowest BCUT2D eigenvalue weighted by Gasteiger charge is -2.36. The van der Waals surface area contributed by atoms with E-state index in [9.17, 15) is 14.0 Å². The number of piperidine rings is 1. The lowest BCUT2D eigenvalue weighted by atomic mass is 10.0. The largest absolute Gasteiger partial charge is 0.343 e. The average Bonchev–Trinajstić information content (AvgIpc) is 2.75. The van der Waals surface area contributed by atoms with Crippen LogP contribution in [0.15, 0.2) is 24.4 Å². The van der Waals surface area contributed by atoms with Crippen LogP contribution in [0.3, 0.4) is 0 Å². The summed E-state index contributed by atoms with van der Waals surface area (Å²) in [4.78, 5) is 37.0. The molecule has 0 aliphatic carbocycles. The monoisotopic (exact) mass is 447 g/mol. The summed E-state index contributed by atoms with van der Waals surface area (Å²) in [6.45, 7) is 6.74. The van der Waals surface area contributed by atoms with Gasteiger partial charge in [0.05, 0.1) is 16.9 Å². The third-order valence-electron chi connectivity index (χ3n) is 5.53. The Kier molecular flexibility index (Phi) is 7.10. The van der Waals surface area contributed by atoms with Gasteiger partial charge >= 0.3 is 0 Å². The summed E-state index contributed by atoms with van der Waals surface area (Å²) in [5.41, 5.74) is 1.36. The van der Waals surface area contributed by atoms with Crippen LogP contribution in [-0.4, -0.2) is 57.8 Å². The summed E-state index contributed by atoms with van der Waals surface area (Å²) in [6.07, 6.45) is 2.89. The standard InChI is InChI=1S/C22H27ClFN5O2/c1-13(2)20-21(26-15-5-6-17(23)18(24)11-15)25-12-19(27-20)22(31)28(4)16-7-9-29(10-8-16)14(3)30/h5-6,11-13,16H,7-10H2,1-4H3,(H,25,26). The zero-order valence-corrected chi connectivity index (χ0v) is 18.9. The number of nitrogens with zero attached hydrogens (tertiary/aromatic N) is 4. The number of hydrogen-bond donors (Lipinski definition) is 1. The Hall–Kier alpha value is -2.74. The summed E-state index contributed by atoms with van der Waals surface area (Å²) < 4.78 is 13.8. The molecule has 0 radical (unpaired) electrons. The van der Waals surface area contributed by atoms with Gasteiger partial charge in [0.15, 0.2) is 5.82 Å². The molecule has 9 heteroatoms. The number of likely N-dealkylation sites (tertiary alicyclic amines) is 1. The molecule has 0 unspecified atom stereocenters. The first-order chi connectivity index (χ1) is 14.7. The van der Waals surface area contributed by atoms with Gasteiger partial charge in [-0.2, -0.15) is 0 Å². The highest BCUT2D eigenvalue weighted by atomic mass is 35.5. The predicted octanol–water partition coefficient (Wildman–Crippen LogP) is 4.22. The Morgan fingerprint density at radius 1 is 1.29 bits per heavy atom. The number of hydrogen-bond acceptors (Lipinski definition) is 5. The van der Waals surface area contributed by atoms with Crippen LogP contribution in [-0.2, 0) is 4.79 Å². The predicted molar refractivity (Wildman–Crippen MR) is 118 cm³/mol. The maximum atomic E-state index is 13.8. The third kappa shape index (κ3) is 5.31. The Morgan fingerprint density at radius 3 is 2.55 bits per heavy atom. The number of anilines is 2. The topological polar surface area (TPSA) is 78.4 Å². The van der Waals surface area contributed by atoms with E-state index < -0.39 is 5.82 Å². The normalized spacial score (nSPS) is 14.6. The summed E-state index contributed by atoms with van der Waals surface area (Å²) in [5.74, 6) is -0.229. The molecule has 1 fully saturated rings. The highest BCUT2D eigenvalue weighted by Crippen LogP contribution is 2.26. The number of amides is 2. The van der Waals surface area contributed by atoms with Crippen molar-refractivity contribution < 1.29 is 14.0 Å². The molecule has 2 amide bonds. The van der Waals surface area contributed by atoms with Gasteiger partial charge in [0.1, 0.15) is 11.5 Å². The van der Waals surface area contributed by atoms with Crippen LogP contribution < -0.4 is 5.32 Å². The molecule has 1 aliphatic rings. The fourth-order valence-corrected chi connectivity index (χ4v) is 3.75. The number of nitrogens with one attached hydrogen (secondary N) is 1. The first-order valence-corrected chi connectivity index (χ1v) is 10.7. The first-order valence-electron chi connectivity index (χ1n) is 10.3. The quantitative estimate of drug-likeness (QED) is 0.742. The van der Waals surface area contributed by atoms with Gasteiger partial charge < -0.3 is 15.1 Å². The molecule has 31 heavy (non-hydrogen) atoms. The minimum absolute atomic E-state index is 0.0102. The maximum absolute atomic E-state index is 13.8. The molecule has 1 aromatic heterocycles. The molecule has 166 valence electrons. The highest BCUT2D eigenvalue weighted by molar-refractivity contribution is 6.30. The van der Waals surface area contributed by atoms with Crippen molar-refractivity contribution in [1.82, 2.24) is 19.8 Å². The second-order valence-electron chi connectivity index (χ2n) is 8.05. The number of aromatic nitrogens is 2. The molecule has 2 aromatic rings. The van der Waals surface area contributed by atoms with Gasteiger partial charge in [-0.1, -0.05) is 25.4 Å². The number of carbonyl (C=O) groups excluding carboxylic acids is 2. The van der Waals surface area contributed by atoms with Crippen LogP contribution in [0.2, 0.25) is 5.02 Å². The molecule has 3 rings (SSSR count). The van der Waals surface area contributed by atoms with Gasteiger partial charge in [-0.15, -0.1) is 0 Å². The number of carbonyl (C=O) groups is 2. The summed E-state index contributed by atoms with van der Waals surface area (Å²) in [5, 5.41) is 3.10. The first kappa shape index (κ1) is 22.9. The van der Waals surface area contributed by atoms with Gasteiger partial charge in [0.25, 0.3) is 5.91 Å². The molecule has 1 aliphatic heterocycles. The van der Waals surface area contributed by atoms with Crippen molar-refractivity contribution in [1.29, 1.82) is 0 Å². The van der Waals surface area contributed by atoms with E-state index in [0.717, 1.165) is 12.8 Å². The van der Waals surface area contributed by atoms with Crippen molar-refractivity contribution in [3.8, 4) is 0 Å².